The zero-order chi connectivity index (χ0) is 18.2. The molecule has 27 heavy (non-hydrogen) atoms. The van der Waals surface area contributed by atoms with Crippen LogP contribution in [0.3, 0.4) is 0 Å². The predicted molar refractivity (Wildman–Crippen MR) is 120 cm³/mol. The van der Waals surface area contributed by atoms with Crippen molar-refractivity contribution < 1.29 is 9.47 Å². The number of aliphatic imine (C=N–C) groups is 1. The van der Waals surface area contributed by atoms with Crippen LogP contribution in [0.1, 0.15) is 5.56 Å². The maximum absolute atomic E-state index is 5.94. The Hall–Kier alpha value is -2.74. The van der Waals surface area contributed by atoms with Gasteiger partial charge in [0.1, 0.15) is 17.2 Å². The van der Waals surface area contributed by atoms with Crippen molar-refractivity contribution in [2.45, 2.75) is 6.54 Å². The lowest BCUT2D eigenvalue weighted by Gasteiger charge is -2.07. The van der Waals surface area contributed by atoms with E-state index >= 15 is 0 Å². The Bertz CT molecular complexity index is 851. The Morgan fingerprint density at radius 3 is 2.07 bits per heavy atom. The highest BCUT2D eigenvalue weighted by Crippen LogP contribution is 2.21. The Morgan fingerprint density at radius 1 is 0.852 bits per heavy atom. The Morgan fingerprint density at radius 2 is 1.44 bits per heavy atom. The van der Waals surface area contributed by atoms with Crippen LogP contribution in [0.2, 0.25) is 0 Å². The lowest BCUT2D eigenvalue weighted by atomic mass is 10.2. The van der Waals surface area contributed by atoms with Crippen molar-refractivity contribution in [3.8, 4) is 17.2 Å². The molecular formula is C21H22IN3O2. The Kier molecular flexibility index (Phi) is 7.94. The standard InChI is InChI=1S/C21H21N3O2.HI/c1-25-18-13-9-17(10-14-18)24-21(22)23-15-16-7-11-20(12-8-16)26-19-5-3-2-4-6-19;/h2-14H,15H2,1H3,(H3,22,23,24);1H. The third kappa shape index (κ3) is 6.49. The van der Waals surface area contributed by atoms with Crippen molar-refractivity contribution in [1.29, 1.82) is 0 Å². The maximum Gasteiger partial charge on any atom is 0.193 e. The molecule has 0 atom stereocenters. The molecule has 140 valence electrons. The van der Waals surface area contributed by atoms with Gasteiger partial charge in [0, 0.05) is 5.69 Å². The van der Waals surface area contributed by atoms with Gasteiger partial charge in [-0.05, 0) is 54.1 Å². The smallest absolute Gasteiger partial charge is 0.193 e. The molecule has 3 aromatic carbocycles. The fraction of sp³-hybridized carbons (Fsp3) is 0.0952. The monoisotopic (exact) mass is 475 g/mol. The number of anilines is 1. The van der Waals surface area contributed by atoms with Crippen molar-refractivity contribution in [2.75, 3.05) is 12.4 Å². The number of nitrogens with one attached hydrogen (secondary N) is 1. The van der Waals surface area contributed by atoms with Gasteiger partial charge >= 0.3 is 0 Å². The summed E-state index contributed by atoms with van der Waals surface area (Å²) in [5, 5.41) is 3.06. The topological polar surface area (TPSA) is 68.9 Å². The average molecular weight is 475 g/mol. The Labute approximate surface area is 176 Å². The van der Waals surface area contributed by atoms with E-state index in [9.17, 15) is 0 Å². The molecule has 0 unspecified atom stereocenters. The zero-order valence-corrected chi connectivity index (χ0v) is 17.3. The van der Waals surface area contributed by atoms with Gasteiger partial charge in [0.05, 0.1) is 13.7 Å². The van der Waals surface area contributed by atoms with Crippen LogP contribution in [0.4, 0.5) is 5.69 Å². The highest BCUT2D eigenvalue weighted by Gasteiger charge is 1.99. The van der Waals surface area contributed by atoms with Gasteiger partial charge in [-0.25, -0.2) is 4.99 Å². The number of ether oxygens (including phenoxy) is 2. The summed E-state index contributed by atoms with van der Waals surface area (Å²) in [4.78, 5) is 4.36. The number of benzene rings is 3. The van der Waals surface area contributed by atoms with Gasteiger partial charge in [0.25, 0.3) is 0 Å². The van der Waals surface area contributed by atoms with E-state index in [1.807, 2.05) is 78.9 Å². The molecule has 0 fully saturated rings. The van der Waals surface area contributed by atoms with Crippen LogP contribution in [-0.2, 0) is 6.54 Å². The summed E-state index contributed by atoms with van der Waals surface area (Å²) in [5.41, 5.74) is 7.85. The van der Waals surface area contributed by atoms with Gasteiger partial charge in [-0.1, -0.05) is 30.3 Å². The molecule has 0 aliphatic heterocycles. The van der Waals surface area contributed by atoms with E-state index in [-0.39, 0.29) is 24.0 Å². The number of para-hydroxylation sites is 1. The van der Waals surface area contributed by atoms with Gasteiger partial charge in [-0.15, -0.1) is 24.0 Å². The molecule has 0 aliphatic carbocycles. The number of guanidine groups is 1. The van der Waals surface area contributed by atoms with Gasteiger partial charge < -0.3 is 20.5 Å². The average Bonchev–Trinajstić information content (AvgIpc) is 2.69. The van der Waals surface area contributed by atoms with Gasteiger partial charge in [-0.3, -0.25) is 0 Å². The van der Waals surface area contributed by atoms with Crippen LogP contribution >= 0.6 is 24.0 Å². The molecule has 0 saturated carbocycles. The maximum atomic E-state index is 5.94. The van der Waals surface area contributed by atoms with E-state index in [2.05, 4.69) is 10.3 Å². The van der Waals surface area contributed by atoms with E-state index in [1.54, 1.807) is 7.11 Å². The minimum Gasteiger partial charge on any atom is -0.497 e. The minimum atomic E-state index is 0. The number of hydrogen-bond acceptors (Lipinski definition) is 3. The molecule has 0 heterocycles. The first kappa shape index (κ1) is 20.6. The molecule has 0 bridgehead atoms. The van der Waals surface area contributed by atoms with Crippen LogP contribution in [0.25, 0.3) is 0 Å². The van der Waals surface area contributed by atoms with Gasteiger partial charge in [0.2, 0.25) is 0 Å². The molecule has 3 N–H and O–H groups in total. The van der Waals surface area contributed by atoms with Crippen LogP contribution < -0.4 is 20.5 Å². The number of methoxy groups -OCH3 is 1. The molecule has 0 aromatic heterocycles. The summed E-state index contributed by atoms with van der Waals surface area (Å²) in [7, 11) is 1.63. The van der Waals surface area contributed by atoms with Crippen LogP contribution in [0.15, 0.2) is 83.9 Å². The van der Waals surface area contributed by atoms with Crippen molar-refractivity contribution in [3.63, 3.8) is 0 Å². The zero-order valence-electron chi connectivity index (χ0n) is 15.0. The van der Waals surface area contributed by atoms with E-state index in [4.69, 9.17) is 15.2 Å². The molecular weight excluding hydrogens is 453 g/mol. The summed E-state index contributed by atoms with van der Waals surface area (Å²) in [6, 6.07) is 25.0. The largest absolute Gasteiger partial charge is 0.497 e. The van der Waals surface area contributed by atoms with E-state index in [0.717, 1.165) is 28.5 Å². The fourth-order valence-corrected chi connectivity index (χ4v) is 2.33. The molecule has 0 saturated heterocycles. The first-order valence-corrected chi connectivity index (χ1v) is 8.26. The number of rotatable bonds is 6. The van der Waals surface area contributed by atoms with E-state index < -0.39 is 0 Å². The van der Waals surface area contributed by atoms with Crippen LogP contribution in [0.5, 0.6) is 17.2 Å². The van der Waals surface area contributed by atoms with Crippen molar-refractivity contribution >= 4 is 35.6 Å². The summed E-state index contributed by atoms with van der Waals surface area (Å²) in [5.74, 6) is 2.75. The predicted octanol–water partition coefficient (Wildman–Crippen LogP) is 5.03. The highest BCUT2D eigenvalue weighted by molar-refractivity contribution is 14.0. The molecule has 0 radical (unpaired) electrons. The second-order valence-electron chi connectivity index (χ2n) is 5.61. The second kappa shape index (κ2) is 10.4. The van der Waals surface area contributed by atoms with Gasteiger partial charge in [0.15, 0.2) is 5.96 Å². The number of nitrogens with two attached hydrogens (primary N) is 1. The lowest BCUT2D eigenvalue weighted by Crippen LogP contribution is -2.22. The normalized spacial score (nSPS) is 10.6. The highest BCUT2D eigenvalue weighted by atomic mass is 127. The molecule has 0 spiro atoms. The Balaban J connectivity index is 0.00000261. The van der Waals surface area contributed by atoms with Crippen LogP contribution in [-0.4, -0.2) is 13.1 Å². The van der Waals surface area contributed by atoms with E-state index in [0.29, 0.717) is 12.5 Å². The number of hydrogen-bond donors (Lipinski definition) is 2. The molecule has 3 aromatic rings. The second-order valence-corrected chi connectivity index (χ2v) is 5.61. The molecule has 5 nitrogen and oxygen atoms in total. The molecule has 3 rings (SSSR count). The molecule has 0 amide bonds. The number of nitrogens with zero attached hydrogens (tertiary/aromatic N) is 1. The minimum absolute atomic E-state index is 0. The van der Waals surface area contributed by atoms with Gasteiger partial charge in [-0.2, -0.15) is 0 Å². The SMILES string of the molecule is COc1ccc(NC(N)=NCc2ccc(Oc3ccccc3)cc2)cc1.I. The van der Waals surface area contributed by atoms with Crippen molar-refractivity contribution in [3.05, 3.63) is 84.4 Å². The summed E-state index contributed by atoms with van der Waals surface area (Å²) >= 11 is 0. The first-order valence-electron chi connectivity index (χ1n) is 8.26. The summed E-state index contributed by atoms with van der Waals surface area (Å²) in [6.45, 7) is 0.487. The van der Waals surface area contributed by atoms with Crippen LogP contribution in [0, 0.1) is 0 Å². The van der Waals surface area contributed by atoms with Crippen molar-refractivity contribution in [1.82, 2.24) is 0 Å². The molecule has 6 heteroatoms. The first-order chi connectivity index (χ1) is 12.7. The third-order valence-electron chi connectivity index (χ3n) is 3.70. The number of halogens is 1. The third-order valence-corrected chi connectivity index (χ3v) is 3.70. The lowest BCUT2D eigenvalue weighted by molar-refractivity contribution is 0.415. The molecule has 0 aliphatic rings. The van der Waals surface area contributed by atoms with Crippen molar-refractivity contribution in [2.24, 2.45) is 10.7 Å². The summed E-state index contributed by atoms with van der Waals surface area (Å²) in [6.07, 6.45) is 0. The summed E-state index contributed by atoms with van der Waals surface area (Å²) < 4.78 is 10.9. The van der Waals surface area contributed by atoms with E-state index in [1.165, 1.54) is 0 Å². The fourth-order valence-electron chi connectivity index (χ4n) is 2.33. The quantitative estimate of drug-likeness (QED) is 0.298.